The van der Waals surface area contributed by atoms with Gasteiger partial charge in [-0.2, -0.15) is 5.10 Å². The quantitative estimate of drug-likeness (QED) is 0.905. The summed E-state index contributed by atoms with van der Waals surface area (Å²) in [7, 11) is 0. The largest absolute Gasteiger partial charge is 0.316 e. The number of aryl methyl sites for hydroxylation is 1. The zero-order valence-corrected chi connectivity index (χ0v) is 14.5. The SMILES string of the molecule is O=c1[nH]c2c(c(C3=CC=C3)nn2CC2CCCNC2)c2c1CCCC2. The molecule has 2 aliphatic carbocycles. The van der Waals surface area contributed by atoms with Crippen LogP contribution in [-0.4, -0.2) is 27.9 Å². The van der Waals surface area contributed by atoms with Gasteiger partial charge in [0, 0.05) is 23.1 Å². The smallest absolute Gasteiger partial charge is 0.253 e. The van der Waals surface area contributed by atoms with Crippen molar-refractivity contribution in [1.82, 2.24) is 20.1 Å². The maximum Gasteiger partial charge on any atom is 0.253 e. The first-order valence-corrected chi connectivity index (χ1v) is 9.55. The predicted octanol–water partition coefficient (Wildman–Crippen LogP) is 2.56. The minimum absolute atomic E-state index is 0.0924. The van der Waals surface area contributed by atoms with Crippen LogP contribution in [0.2, 0.25) is 0 Å². The van der Waals surface area contributed by atoms with Crippen LogP contribution < -0.4 is 10.9 Å². The molecular formula is C20H24N4O. The van der Waals surface area contributed by atoms with E-state index in [0.717, 1.165) is 62.2 Å². The average molecular weight is 336 g/mol. The highest BCUT2D eigenvalue weighted by molar-refractivity contribution is 5.96. The number of aromatic nitrogens is 3. The van der Waals surface area contributed by atoms with Gasteiger partial charge in [0.2, 0.25) is 0 Å². The number of nitrogens with one attached hydrogen (secondary N) is 2. The molecule has 5 heteroatoms. The molecule has 2 aromatic rings. The predicted molar refractivity (Wildman–Crippen MR) is 99.7 cm³/mol. The Morgan fingerprint density at radius 1 is 1.20 bits per heavy atom. The standard InChI is InChI=1S/C20H24N4O/c25-20-16-9-2-1-8-15(16)17-18(14-6-3-7-14)23-24(19(17)22-20)12-13-5-4-10-21-11-13/h3,6-7,13,21H,1-2,4-5,8-12H2,(H,22,25). The molecule has 0 bridgehead atoms. The summed E-state index contributed by atoms with van der Waals surface area (Å²) in [6.45, 7) is 3.02. The molecule has 1 aliphatic heterocycles. The van der Waals surface area contributed by atoms with Crippen molar-refractivity contribution in [2.45, 2.75) is 45.1 Å². The van der Waals surface area contributed by atoms with Gasteiger partial charge in [-0.05, 0) is 63.1 Å². The Balaban J connectivity index is 1.67. The van der Waals surface area contributed by atoms with Crippen LogP contribution >= 0.6 is 0 Å². The summed E-state index contributed by atoms with van der Waals surface area (Å²) >= 11 is 0. The Bertz CT molecular complexity index is 941. The van der Waals surface area contributed by atoms with Gasteiger partial charge in [0.15, 0.2) is 0 Å². The third-order valence-corrected chi connectivity index (χ3v) is 5.88. The van der Waals surface area contributed by atoms with Crippen molar-refractivity contribution >= 4 is 16.6 Å². The third-order valence-electron chi connectivity index (χ3n) is 5.88. The Morgan fingerprint density at radius 2 is 2.04 bits per heavy atom. The molecule has 5 nitrogen and oxygen atoms in total. The second-order valence-corrected chi connectivity index (χ2v) is 7.57. The second kappa shape index (κ2) is 5.99. The molecule has 1 fully saturated rings. The van der Waals surface area contributed by atoms with Gasteiger partial charge < -0.3 is 10.3 Å². The number of H-pyrrole nitrogens is 1. The number of piperidine rings is 1. The normalized spacial score (nSPS) is 22.6. The van der Waals surface area contributed by atoms with E-state index in [-0.39, 0.29) is 5.56 Å². The zero-order valence-electron chi connectivity index (χ0n) is 14.5. The minimum atomic E-state index is 0.0924. The van der Waals surface area contributed by atoms with Crippen LogP contribution in [0, 0.1) is 5.92 Å². The van der Waals surface area contributed by atoms with E-state index in [1.165, 1.54) is 29.4 Å². The summed E-state index contributed by atoms with van der Waals surface area (Å²) < 4.78 is 2.06. The molecule has 0 amide bonds. The first-order valence-electron chi connectivity index (χ1n) is 9.55. The molecule has 1 unspecified atom stereocenters. The van der Waals surface area contributed by atoms with Crippen LogP contribution in [0.3, 0.4) is 0 Å². The fourth-order valence-corrected chi connectivity index (χ4v) is 4.50. The molecule has 25 heavy (non-hydrogen) atoms. The van der Waals surface area contributed by atoms with E-state index in [0.29, 0.717) is 5.92 Å². The van der Waals surface area contributed by atoms with E-state index in [1.807, 2.05) is 0 Å². The lowest BCUT2D eigenvalue weighted by atomic mass is 9.89. The van der Waals surface area contributed by atoms with Crippen molar-refractivity contribution in [3.05, 3.63) is 45.4 Å². The van der Waals surface area contributed by atoms with Crippen molar-refractivity contribution in [2.75, 3.05) is 13.1 Å². The van der Waals surface area contributed by atoms with Crippen molar-refractivity contribution in [3.63, 3.8) is 0 Å². The van der Waals surface area contributed by atoms with E-state index >= 15 is 0 Å². The zero-order chi connectivity index (χ0) is 16.8. The molecule has 3 heterocycles. The van der Waals surface area contributed by atoms with Crippen molar-refractivity contribution in [3.8, 4) is 0 Å². The van der Waals surface area contributed by atoms with Gasteiger partial charge >= 0.3 is 0 Å². The molecule has 0 radical (unpaired) electrons. The highest BCUT2D eigenvalue weighted by Gasteiger charge is 2.25. The summed E-state index contributed by atoms with van der Waals surface area (Å²) in [5.41, 5.74) is 5.49. The topological polar surface area (TPSA) is 62.7 Å². The van der Waals surface area contributed by atoms with Crippen molar-refractivity contribution in [2.24, 2.45) is 5.92 Å². The maximum absolute atomic E-state index is 12.6. The first kappa shape index (κ1) is 15.1. The van der Waals surface area contributed by atoms with Gasteiger partial charge in [-0.15, -0.1) is 0 Å². The van der Waals surface area contributed by atoms with Gasteiger partial charge in [-0.1, -0.05) is 18.2 Å². The molecule has 2 N–H and O–H groups in total. The molecule has 0 spiro atoms. The Hall–Kier alpha value is -2.14. The molecule has 0 saturated carbocycles. The molecule has 0 aromatic carbocycles. The van der Waals surface area contributed by atoms with Crippen LogP contribution in [0.25, 0.3) is 16.6 Å². The van der Waals surface area contributed by atoms with E-state index in [2.05, 4.69) is 33.2 Å². The first-order chi connectivity index (χ1) is 12.3. The lowest BCUT2D eigenvalue weighted by Gasteiger charge is -2.23. The summed E-state index contributed by atoms with van der Waals surface area (Å²) in [5, 5.41) is 9.62. The van der Waals surface area contributed by atoms with Crippen LogP contribution in [0.5, 0.6) is 0 Å². The summed E-state index contributed by atoms with van der Waals surface area (Å²) in [4.78, 5) is 15.8. The minimum Gasteiger partial charge on any atom is -0.316 e. The Kier molecular flexibility index (Phi) is 3.63. The highest BCUT2D eigenvalue weighted by atomic mass is 16.1. The Labute approximate surface area is 146 Å². The van der Waals surface area contributed by atoms with Gasteiger partial charge in [-0.25, -0.2) is 4.68 Å². The van der Waals surface area contributed by atoms with Crippen molar-refractivity contribution < 1.29 is 0 Å². The van der Waals surface area contributed by atoms with Gasteiger partial charge in [0.05, 0.1) is 0 Å². The van der Waals surface area contributed by atoms with Crippen molar-refractivity contribution in [1.29, 1.82) is 0 Å². The number of nitrogens with zero attached hydrogens (tertiary/aromatic N) is 2. The fraction of sp³-hybridized carbons (Fsp3) is 0.500. The molecule has 1 atom stereocenters. The number of aromatic amines is 1. The third kappa shape index (κ3) is 2.49. The van der Waals surface area contributed by atoms with E-state index in [4.69, 9.17) is 5.10 Å². The lowest BCUT2D eigenvalue weighted by molar-refractivity contribution is 0.328. The van der Waals surface area contributed by atoms with Gasteiger partial charge in [0.1, 0.15) is 11.3 Å². The summed E-state index contributed by atoms with van der Waals surface area (Å²) in [6.07, 6.45) is 12.9. The van der Waals surface area contributed by atoms with Crippen LogP contribution in [-0.2, 0) is 19.4 Å². The second-order valence-electron chi connectivity index (χ2n) is 7.57. The lowest BCUT2D eigenvalue weighted by Crippen LogP contribution is -2.32. The fourth-order valence-electron chi connectivity index (χ4n) is 4.50. The van der Waals surface area contributed by atoms with Crippen LogP contribution in [0.1, 0.15) is 42.5 Å². The van der Waals surface area contributed by atoms with E-state index < -0.39 is 0 Å². The highest BCUT2D eigenvalue weighted by Crippen LogP contribution is 2.34. The molecule has 130 valence electrons. The van der Waals surface area contributed by atoms with Gasteiger partial charge in [0.25, 0.3) is 5.56 Å². The number of allylic oxidation sites excluding steroid dienone is 4. The van der Waals surface area contributed by atoms with E-state index in [9.17, 15) is 4.79 Å². The maximum atomic E-state index is 12.6. The van der Waals surface area contributed by atoms with Gasteiger partial charge in [-0.3, -0.25) is 4.79 Å². The number of hydrogen-bond donors (Lipinski definition) is 2. The average Bonchev–Trinajstić information content (AvgIpc) is 2.93. The number of hydrogen-bond acceptors (Lipinski definition) is 3. The molecule has 3 aliphatic rings. The molecule has 5 rings (SSSR count). The molecular weight excluding hydrogens is 312 g/mol. The van der Waals surface area contributed by atoms with Crippen LogP contribution in [0.4, 0.5) is 0 Å². The number of fused-ring (bicyclic) bond motifs is 3. The Morgan fingerprint density at radius 3 is 2.76 bits per heavy atom. The summed E-state index contributed by atoms with van der Waals surface area (Å²) in [5.74, 6) is 0.579. The number of rotatable bonds is 3. The molecule has 2 aromatic heterocycles. The monoisotopic (exact) mass is 336 g/mol. The van der Waals surface area contributed by atoms with Crippen LogP contribution in [0.15, 0.2) is 23.0 Å². The molecule has 1 saturated heterocycles. The van der Waals surface area contributed by atoms with E-state index in [1.54, 1.807) is 0 Å². The summed E-state index contributed by atoms with van der Waals surface area (Å²) in [6, 6.07) is 0. The number of pyridine rings is 1.